The minimum atomic E-state index is -0.0119. The number of carbonyl (C=O) groups is 1. The van der Waals surface area contributed by atoms with Gasteiger partial charge in [-0.2, -0.15) is 0 Å². The number of pyridine rings is 1. The fraction of sp³-hybridized carbons (Fsp3) is 0.378. The Morgan fingerprint density at radius 1 is 0.740 bits per heavy atom. The zero-order valence-corrected chi connectivity index (χ0v) is 34.8. The van der Waals surface area contributed by atoms with Crippen LogP contribution >= 0.6 is 11.3 Å². The number of aromatic nitrogens is 1. The molecule has 0 aliphatic carbocycles. The molecule has 5 aromatic rings. The van der Waals surface area contributed by atoms with E-state index in [-0.39, 0.29) is 43.5 Å². The van der Waals surface area contributed by atoms with E-state index in [1.165, 1.54) is 48.9 Å². The van der Waals surface area contributed by atoms with Gasteiger partial charge in [-0.05, 0) is 64.3 Å². The second-order valence-corrected chi connectivity index (χ2v) is 15.8. The molecule has 2 heterocycles. The average molecular weight is 865 g/mol. The summed E-state index contributed by atoms with van der Waals surface area (Å²) in [6.45, 7) is 23.0. The van der Waals surface area contributed by atoms with Gasteiger partial charge in [-0.25, -0.2) is 0 Å². The minimum absolute atomic E-state index is 0. The Balaban J connectivity index is 0.000000296. The van der Waals surface area contributed by atoms with Crippen molar-refractivity contribution in [1.82, 2.24) is 4.98 Å². The maximum Gasteiger partial charge on any atom is 0.162 e. The van der Waals surface area contributed by atoms with Crippen LogP contribution in [0.5, 0.6) is 0 Å². The summed E-state index contributed by atoms with van der Waals surface area (Å²) in [5, 5.41) is 11.6. The van der Waals surface area contributed by atoms with Crippen LogP contribution in [0.15, 0.2) is 90.8 Å². The predicted molar refractivity (Wildman–Crippen MR) is 211 cm³/mol. The van der Waals surface area contributed by atoms with Gasteiger partial charge in [0, 0.05) is 59.5 Å². The predicted octanol–water partition coefficient (Wildman–Crippen LogP) is 12.9. The number of hydrogen-bond donors (Lipinski definition) is 1. The number of fused-ring (bicyclic) bond motifs is 1. The van der Waals surface area contributed by atoms with Gasteiger partial charge in [0.25, 0.3) is 0 Å². The van der Waals surface area contributed by atoms with Crippen molar-refractivity contribution in [2.24, 2.45) is 35.5 Å². The van der Waals surface area contributed by atoms with Crippen LogP contribution in [-0.2, 0) is 24.9 Å². The third-order valence-electron chi connectivity index (χ3n) is 9.34. The number of ketones is 1. The quantitative estimate of drug-likeness (QED) is 0.0864. The van der Waals surface area contributed by atoms with Crippen molar-refractivity contribution in [2.45, 2.75) is 76.2 Å². The molecule has 2 aromatic heterocycles. The average Bonchev–Trinajstić information content (AvgIpc) is 3.37. The Morgan fingerprint density at radius 2 is 1.28 bits per heavy atom. The first-order chi connectivity index (χ1) is 23.2. The first-order valence-corrected chi connectivity index (χ1v) is 18.5. The molecular formula is C45H54IrNO2S-. The maximum atomic E-state index is 12.3. The summed E-state index contributed by atoms with van der Waals surface area (Å²) in [7, 11) is 0. The third kappa shape index (κ3) is 9.90. The Labute approximate surface area is 318 Å². The standard InChI is InChI=1S/C28H22NS.C17H32O2.Ir/c1-18-15-19(2)17-24(16-18)26-28-25(13-14-29-26)20(3)27(30-28)23-11-9-22(10-12-23)21-7-5-4-6-8-21;1-10(2)16(11(3)4)14(18)9-15(19)17(12(5)6)13(7)8;/h4-16H,1-3H3;9-13,16-18H,1-8H3;/q-1;;/b;14-9-;. The number of carbonyl (C=O) groups excluding carboxylic acids is 1. The van der Waals surface area contributed by atoms with Gasteiger partial charge in [0.2, 0.25) is 0 Å². The molecule has 0 bridgehead atoms. The third-order valence-corrected chi connectivity index (χ3v) is 10.7. The van der Waals surface area contributed by atoms with Gasteiger partial charge in [0.1, 0.15) is 0 Å². The van der Waals surface area contributed by atoms with E-state index in [2.05, 4.69) is 155 Å². The van der Waals surface area contributed by atoms with E-state index < -0.39 is 0 Å². The summed E-state index contributed by atoms with van der Waals surface area (Å²) in [4.78, 5) is 18.4. The Bertz CT molecular complexity index is 1850. The number of aryl methyl sites for hydroxylation is 3. The van der Waals surface area contributed by atoms with Gasteiger partial charge >= 0.3 is 0 Å². The number of allylic oxidation sites excluding steroid dienone is 2. The van der Waals surface area contributed by atoms with Crippen molar-refractivity contribution in [3.63, 3.8) is 0 Å². The Hall–Kier alpha value is -3.37. The first kappa shape index (κ1) is 41.1. The molecule has 0 aliphatic heterocycles. The summed E-state index contributed by atoms with van der Waals surface area (Å²) in [5.41, 5.74) is 9.54. The smallest absolute Gasteiger partial charge is 0.162 e. The molecular weight excluding hydrogens is 811 g/mol. The van der Waals surface area contributed by atoms with Gasteiger partial charge in [-0.1, -0.05) is 124 Å². The second-order valence-electron chi connectivity index (χ2n) is 14.8. The zero-order valence-electron chi connectivity index (χ0n) is 31.6. The van der Waals surface area contributed by atoms with E-state index in [1.54, 1.807) is 0 Å². The Morgan fingerprint density at radius 3 is 1.82 bits per heavy atom. The van der Waals surface area contributed by atoms with Crippen molar-refractivity contribution >= 4 is 27.2 Å². The molecule has 0 saturated heterocycles. The van der Waals surface area contributed by atoms with Gasteiger partial charge < -0.3 is 10.1 Å². The molecule has 5 heteroatoms. The molecule has 0 fully saturated rings. The summed E-state index contributed by atoms with van der Waals surface area (Å²) >= 11 is 1.83. The van der Waals surface area contributed by atoms with Crippen molar-refractivity contribution < 1.29 is 30.0 Å². The van der Waals surface area contributed by atoms with Crippen molar-refractivity contribution in [3.8, 4) is 32.8 Å². The van der Waals surface area contributed by atoms with E-state index in [0.29, 0.717) is 23.7 Å². The van der Waals surface area contributed by atoms with Crippen LogP contribution in [0.4, 0.5) is 0 Å². The van der Waals surface area contributed by atoms with Crippen LogP contribution in [0.2, 0.25) is 0 Å². The molecule has 1 radical (unpaired) electrons. The van der Waals surface area contributed by atoms with Crippen LogP contribution in [0.25, 0.3) is 42.9 Å². The van der Waals surface area contributed by atoms with E-state index in [1.807, 2.05) is 17.5 Å². The molecule has 50 heavy (non-hydrogen) atoms. The first-order valence-electron chi connectivity index (χ1n) is 17.7. The van der Waals surface area contributed by atoms with Crippen LogP contribution < -0.4 is 0 Å². The molecule has 0 atom stereocenters. The van der Waals surface area contributed by atoms with Crippen molar-refractivity contribution in [2.75, 3.05) is 0 Å². The van der Waals surface area contributed by atoms with Gasteiger partial charge in [-0.15, -0.1) is 46.2 Å². The molecule has 267 valence electrons. The zero-order chi connectivity index (χ0) is 36.0. The molecule has 0 spiro atoms. The fourth-order valence-electron chi connectivity index (χ4n) is 7.30. The molecule has 3 nitrogen and oxygen atoms in total. The summed E-state index contributed by atoms with van der Waals surface area (Å²) < 4.78 is 1.23. The van der Waals surface area contributed by atoms with Crippen molar-refractivity contribution in [1.29, 1.82) is 0 Å². The SMILES string of the molecule is CC(C)C(C(=O)/C=C(\O)C(C(C)C)C(C)C)C(C)C.Cc1[c-]c(-c2nccc3c(C)c(-c4ccc(-c5ccccc5)cc4)sc23)cc(C)c1.[Ir]. The monoisotopic (exact) mass is 865 g/mol. The number of rotatable bonds is 10. The van der Waals surface area contributed by atoms with Crippen LogP contribution in [0.3, 0.4) is 0 Å². The topological polar surface area (TPSA) is 50.2 Å². The van der Waals surface area contributed by atoms with Gasteiger partial charge in [-0.3, -0.25) is 4.79 Å². The fourth-order valence-corrected chi connectivity index (χ4v) is 8.61. The van der Waals surface area contributed by atoms with Gasteiger partial charge in [0.05, 0.1) is 5.76 Å². The van der Waals surface area contributed by atoms with E-state index >= 15 is 0 Å². The summed E-state index contributed by atoms with van der Waals surface area (Å²) in [5.74, 6) is 1.63. The maximum absolute atomic E-state index is 12.3. The van der Waals surface area contributed by atoms with Crippen molar-refractivity contribution in [3.05, 3.63) is 114 Å². The number of aliphatic hydroxyl groups excluding tert-OH is 1. The molecule has 0 amide bonds. The van der Waals surface area contributed by atoms with E-state index in [4.69, 9.17) is 4.98 Å². The molecule has 1 N–H and O–H groups in total. The molecule has 0 aliphatic rings. The van der Waals surface area contributed by atoms with Crippen LogP contribution in [0.1, 0.15) is 72.1 Å². The largest absolute Gasteiger partial charge is 0.512 e. The van der Waals surface area contributed by atoms with Gasteiger partial charge in [0.15, 0.2) is 5.78 Å². The van der Waals surface area contributed by atoms with Crippen LogP contribution in [-0.4, -0.2) is 15.9 Å². The number of thiophene rings is 1. The van der Waals surface area contributed by atoms with E-state index in [9.17, 15) is 9.90 Å². The normalized spacial score (nSPS) is 11.9. The number of aliphatic hydroxyl groups is 1. The minimum Gasteiger partial charge on any atom is -0.512 e. The molecule has 0 saturated carbocycles. The Kier molecular flexibility index (Phi) is 15.0. The molecule has 3 aromatic carbocycles. The molecule has 0 unspecified atom stereocenters. The summed E-state index contributed by atoms with van der Waals surface area (Å²) in [6, 6.07) is 29.4. The number of hydrogen-bond acceptors (Lipinski definition) is 4. The summed E-state index contributed by atoms with van der Waals surface area (Å²) in [6.07, 6.45) is 3.40. The van der Waals surface area contributed by atoms with Crippen LogP contribution in [0, 0.1) is 62.3 Å². The number of nitrogens with zero attached hydrogens (tertiary/aromatic N) is 1. The second kappa shape index (κ2) is 18.2. The molecule has 5 rings (SSSR count). The van der Waals surface area contributed by atoms with E-state index in [0.717, 1.165) is 16.8 Å². The number of benzene rings is 3.